The van der Waals surface area contributed by atoms with Crippen molar-refractivity contribution in [2.45, 2.75) is 13.8 Å². The minimum Gasteiger partial charge on any atom is -0.356 e. The minimum atomic E-state index is 0.00254. The van der Waals surface area contributed by atoms with Gasteiger partial charge in [0.15, 0.2) is 5.58 Å². The summed E-state index contributed by atoms with van der Waals surface area (Å²) >= 11 is 1.36. The highest BCUT2D eigenvalue weighted by atomic mass is 32.1. The van der Waals surface area contributed by atoms with Crippen LogP contribution in [0.25, 0.3) is 32.8 Å². The number of thiazole rings is 1. The van der Waals surface area contributed by atoms with Crippen molar-refractivity contribution in [3.8, 4) is 21.8 Å². The molecule has 7 heteroatoms. The molecule has 0 saturated carbocycles. The predicted octanol–water partition coefficient (Wildman–Crippen LogP) is 4.95. The van der Waals surface area contributed by atoms with Gasteiger partial charge in [-0.1, -0.05) is 35.5 Å². The maximum Gasteiger partial charge on any atom is 0.265 e. The fraction of sp³-hybridized carbons (Fsp3) is 0.292. The number of rotatable bonds is 7. The molecule has 4 aromatic rings. The van der Waals surface area contributed by atoms with Gasteiger partial charge in [0.1, 0.15) is 15.6 Å². The van der Waals surface area contributed by atoms with E-state index in [-0.39, 0.29) is 5.91 Å². The highest BCUT2D eigenvalue weighted by Crippen LogP contribution is 2.34. The normalized spacial score (nSPS) is 11.4. The zero-order valence-electron chi connectivity index (χ0n) is 18.3. The van der Waals surface area contributed by atoms with Crippen LogP contribution in [0.4, 0.5) is 0 Å². The van der Waals surface area contributed by atoms with E-state index in [1.165, 1.54) is 22.5 Å². The van der Waals surface area contributed by atoms with Gasteiger partial charge < -0.3 is 14.3 Å². The Balaban J connectivity index is 1.61. The third-order valence-electron chi connectivity index (χ3n) is 5.33. The van der Waals surface area contributed by atoms with Crippen molar-refractivity contribution in [2.24, 2.45) is 0 Å². The van der Waals surface area contributed by atoms with E-state index in [1.807, 2.05) is 50.2 Å². The monoisotopic (exact) mass is 434 g/mol. The van der Waals surface area contributed by atoms with Gasteiger partial charge in [0.2, 0.25) is 0 Å². The summed E-state index contributed by atoms with van der Waals surface area (Å²) in [5.41, 5.74) is 4.84. The maximum absolute atomic E-state index is 12.9. The van der Waals surface area contributed by atoms with Gasteiger partial charge in [0.25, 0.3) is 5.91 Å². The number of hydrogen-bond acceptors (Lipinski definition) is 6. The van der Waals surface area contributed by atoms with Crippen LogP contribution < -0.4 is 0 Å². The standard InChI is InChI=1S/C24H26N4O2S/c1-5-28(13-12-27(3)4)24(29)21-15-25-23(31-21)22-19-11-10-17(14-20(19)30-26-22)18-9-7-6-8-16(18)2/h6-11,14-15H,5,12-13H2,1-4H3. The molecule has 0 N–H and O–H groups in total. The van der Waals surface area contributed by atoms with Gasteiger partial charge in [0, 0.05) is 19.6 Å². The summed E-state index contributed by atoms with van der Waals surface area (Å²) in [5, 5.41) is 5.84. The van der Waals surface area contributed by atoms with E-state index in [2.05, 4.69) is 40.2 Å². The number of carbonyl (C=O) groups excluding carboxylic acids is 1. The van der Waals surface area contributed by atoms with Crippen LogP contribution in [0.5, 0.6) is 0 Å². The average Bonchev–Trinajstić information content (AvgIpc) is 3.40. The van der Waals surface area contributed by atoms with Crippen LogP contribution in [0.2, 0.25) is 0 Å². The van der Waals surface area contributed by atoms with Crippen LogP contribution in [-0.4, -0.2) is 59.6 Å². The molecule has 0 bridgehead atoms. The predicted molar refractivity (Wildman–Crippen MR) is 125 cm³/mol. The molecule has 0 radical (unpaired) electrons. The number of carbonyl (C=O) groups is 1. The number of fused-ring (bicyclic) bond motifs is 1. The molecule has 31 heavy (non-hydrogen) atoms. The highest BCUT2D eigenvalue weighted by molar-refractivity contribution is 7.17. The maximum atomic E-state index is 12.9. The minimum absolute atomic E-state index is 0.00254. The zero-order chi connectivity index (χ0) is 22.0. The Labute approximate surface area is 186 Å². The Morgan fingerprint density at radius 3 is 2.68 bits per heavy atom. The van der Waals surface area contributed by atoms with Gasteiger partial charge >= 0.3 is 0 Å². The van der Waals surface area contributed by atoms with Crippen LogP contribution in [-0.2, 0) is 0 Å². The van der Waals surface area contributed by atoms with E-state index in [4.69, 9.17) is 4.52 Å². The van der Waals surface area contributed by atoms with Gasteiger partial charge in [-0.05, 0) is 56.8 Å². The van der Waals surface area contributed by atoms with E-state index in [0.717, 1.165) is 17.5 Å². The quantitative estimate of drug-likeness (QED) is 0.412. The summed E-state index contributed by atoms with van der Waals surface area (Å²) in [4.78, 5) is 21.9. The molecule has 0 spiro atoms. The van der Waals surface area contributed by atoms with Crippen molar-refractivity contribution in [1.29, 1.82) is 0 Å². The second-order valence-electron chi connectivity index (χ2n) is 7.77. The summed E-state index contributed by atoms with van der Waals surface area (Å²) in [7, 11) is 4.01. The third kappa shape index (κ3) is 4.38. The van der Waals surface area contributed by atoms with Crippen LogP contribution in [0.15, 0.2) is 53.2 Å². The number of nitrogens with zero attached hydrogens (tertiary/aromatic N) is 4. The molecular formula is C24H26N4O2S. The van der Waals surface area contributed by atoms with Crippen molar-refractivity contribution >= 4 is 28.2 Å². The summed E-state index contributed by atoms with van der Waals surface area (Å²) < 4.78 is 5.62. The van der Waals surface area contributed by atoms with E-state index >= 15 is 0 Å². The van der Waals surface area contributed by atoms with Crippen LogP contribution in [0.3, 0.4) is 0 Å². The number of aryl methyl sites for hydroxylation is 1. The molecule has 0 aliphatic carbocycles. The lowest BCUT2D eigenvalue weighted by molar-refractivity contribution is 0.0759. The smallest absolute Gasteiger partial charge is 0.265 e. The first-order valence-corrected chi connectivity index (χ1v) is 11.1. The van der Waals surface area contributed by atoms with Crippen molar-refractivity contribution in [3.05, 3.63) is 59.1 Å². The molecule has 0 unspecified atom stereocenters. The summed E-state index contributed by atoms with van der Waals surface area (Å²) in [6.45, 7) is 6.26. The van der Waals surface area contributed by atoms with Gasteiger partial charge in [-0.15, -0.1) is 11.3 Å². The van der Waals surface area contributed by atoms with E-state index in [0.29, 0.717) is 34.3 Å². The molecule has 160 valence electrons. The van der Waals surface area contributed by atoms with E-state index in [1.54, 1.807) is 6.20 Å². The number of aromatic nitrogens is 2. The fourth-order valence-electron chi connectivity index (χ4n) is 3.52. The van der Waals surface area contributed by atoms with Crippen molar-refractivity contribution in [2.75, 3.05) is 33.7 Å². The molecule has 0 atom stereocenters. The van der Waals surface area contributed by atoms with Crippen molar-refractivity contribution < 1.29 is 9.32 Å². The van der Waals surface area contributed by atoms with Crippen molar-refractivity contribution in [3.63, 3.8) is 0 Å². The largest absolute Gasteiger partial charge is 0.356 e. The molecule has 0 fully saturated rings. The molecule has 0 saturated heterocycles. The van der Waals surface area contributed by atoms with Crippen molar-refractivity contribution in [1.82, 2.24) is 19.9 Å². The fourth-order valence-corrected chi connectivity index (χ4v) is 4.40. The molecule has 0 aliphatic rings. The van der Waals surface area contributed by atoms with E-state index in [9.17, 15) is 4.79 Å². The Morgan fingerprint density at radius 1 is 1.13 bits per heavy atom. The molecule has 2 aromatic carbocycles. The Morgan fingerprint density at radius 2 is 1.94 bits per heavy atom. The SMILES string of the molecule is CCN(CCN(C)C)C(=O)c1cnc(-c2noc3cc(-c4ccccc4C)ccc23)s1. The number of hydrogen-bond donors (Lipinski definition) is 0. The number of benzene rings is 2. The first-order valence-electron chi connectivity index (χ1n) is 10.3. The Bertz CT molecular complexity index is 1210. The van der Waals surface area contributed by atoms with E-state index < -0.39 is 0 Å². The van der Waals surface area contributed by atoms with Crippen LogP contribution in [0.1, 0.15) is 22.2 Å². The average molecular weight is 435 g/mol. The Hall–Kier alpha value is -3.03. The summed E-state index contributed by atoms with van der Waals surface area (Å²) in [5.74, 6) is 0.00254. The molecule has 1 amide bonds. The van der Waals surface area contributed by atoms with Crippen LogP contribution in [0, 0.1) is 6.92 Å². The van der Waals surface area contributed by atoms with Gasteiger partial charge in [-0.2, -0.15) is 0 Å². The summed E-state index contributed by atoms with van der Waals surface area (Å²) in [6.07, 6.45) is 1.64. The molecule has 2 aromatic heterocycles. The lowest BCUT2D eigenvalue weighted by atomic mass is 10.00. The first kappa shape index (κ1) is 21.2. The second-order valence-corrected chi connectivity index (χ2v) is 8.81. The highest BCUT2D eigenvalue weighted by Gasteiger charge is 2.20. The number of likely N-dealkylation sites (N-methyl/N-ethyl adjacent to an activating group) is 2. The van der Waals surface area contributed by atoms with Gasteiger partial charge in [0.05, 0.1) is 11.6 Å². The zero-order valence-corrected chi connectivity index (χ0v) is 19.1. The molecule has 4 rings (SSSR count). The lowest BCUT2D eigenvalue weighted by Gasteiger charge is -2.21. The van der Waals surface area contributed by atoms with Gasteiger partial charge in [-0.25, -0.2) is 4.98 Å². The lowest BCUT2D eigenvalue weighted by Crippen LogP contribution is -2.36. The second kappa shape index (κ2) is 8.99. The molecule has 2 heterocycles. The third-order valence-corrected chi connectivity index (χ3v) is 6.33. The molecule has 0 aliphatic heterocycles. The molecular weight excluding hydrogens is 408 g/mol. The number of amides is 1. The van der Waals surface area contributed by atoms with Crippen LogP contribution >= 0.6 is 11.3 Å². The Kier molecular flexibility index (Phi) is 6.15. The first-order chi connectivity index (χ1) is 15.0. The summed E-state index contributed by atoms with van der Waals surface area (Å²) in [6, 6.07) is 14.4. The topological polar surface area (TPSA) is 62.5 Å². The van der Waals surface area contributed by atoms with Gasteiger partial charge in [-0.3, -0.25) is 4.79 Å². The molecule has 6 nitrogen and oxygen atoms in total.